The molecule has 2 aromatic rings. The lowest BCUT2D eigenvalue weighted by molar-refractivity contribution is 0.491. The molecular weight excluding hydrogens is 317 g/mol. The van der Waals surface area contributed by atoms with E-state index in [1.807, 2.05) is 32.0 Å². The van der Waals surface area contributed by atoms with Crippen molar-refractivity contribution in [3.63, 3.8) is 0 Å². The number of benzene rings is 2. The molecule has 1 atom stereocenters. The van der Waals surface area contributed by atoms with Gasteiger partial charge in [-0.15, -0.1) is 0 Å². The highest BCUT2D eigenvalue weighted by Crippen LogP contribution is 2.35. The average Bonchev–Trinajstić information content (AvgIpc) is 2.33. The van der Waals surface area contributed by atoms with Crippen molar-refractivity contribution in [1.29, 1.82) is 0 Å². The summed E-state index contributed by atoms with van der Waals surface area (Å²) in [6.07, 6.45) is 0. The van der Waals surface area contributed by atoms with Crippen molar-refractivity contribution in [1.82, 2.24) is 0 Å². The van der Waals surface area contributed by atoms with Gasteiger partial charge in [0.05, 0.1) is 4.83 Å². The van der Waals surface area contributed by atoms with Crippen LogP contribution in [-0.2, 0) is 0 Å². The summed E-state index contributed by atoms with van der Waals surface area (Å²) in [7, 11) is 0. The van der Waals surface area contributed by atoms with Crippen molar-refractivity contribution >= 4 is 15.9 Å². The van der Waals surface area contributed by atoms with Gasteiger partial charge >= 0.3 is 0 Å². The van der Waals surface area contributed by atoms with Gasteiger partial charge in [-0.1, -0.05) is 39.7 Å². The minimum atomic E-state index is -1.18. The molecule has 0 amide bonds. The Hall–Kier alpha value is -1.29. The molecule has 0 nitrogen and oxygen atoms in total. The van der Waals surface area contributed by atoms with E-state index >= 15 is 0 Å². The Morgan fingerprint density at radius 2 is 1.47 bits per heavy atom. The molecule has 0 saturated carbocycles. The van der Waals surface area contributed by atoms with E-state index in [4.69, 9.17) is 0 Å². The van der Waals surface area contributed by atoms with Gasteiger partial charge in [0.15, 0.2) is 11.6 Å². The van der Waals surface area contributed by atoms with Crippen LogP contribution < -0.4 is 0 Å². The van der Waals surface area contributed by atoms with Crippen molar-refractivity contribution in [3.05, 3.63) is 70.0 Å². The maximum atomic E-state index is 13.7. The first-order chi connectivity index (χ1) is 8.90. The molecule has 19 heavy (non-hydrogen) atoms. The van der Waals surface area contributed by atoms with Gasteiger partial charge in [0.1, 0.15) is 5.82 Å². The van der Waals surface area contributed by atoms with Crippen molar-refractivity contribution in [2.24, 2.45) is 0 Å². The number of halogens is 4. The van der Waals surface area contributed by atoms with Gasteiger partial charge in [0.2, 0.25) is 0 Å². The van der Waals surface area contributed by atoms with Crippen LogP contribution in [0, 0.1) is 31.3 Å². The van der Waals surface area contributed by atoms with E-state index < -0.39 is 22.3 Å². The Bertz CT molecular complexity index is 623. The molecule has 0 aliphatic carbocycles. The number of hydrogen-bond donors (Lipinski definition) is 0. The Labute approximate surface area is 118 Å². The Kier molecular flexibility index (Phi) is 3.99. The zero-order valence-corrected chi connectivity index (χ0v) is 12.1. The summed E-state index contributed by atoms with van der Waals surface area (Å²) >= 11 is 3.35. The first-order valence-electron chi connectivity index (χ1n) is 5.76. The minimum absolute atomic E-state index is 0.0888. The van der Waals surface area contributed by atoms with E-state index in [1.165, 1.54) is 0 Å². The summed E-state index contributed by atoms with van der Waals surface area (Å²) < 4.78 is 39.9. The van der Waals surface area contributed by atoms with E-state index in [0.29, 0.717) is 6.07 Å². The predicted octanol–water partition coefficient (Wildman–Crippen LogP) is 5.21. The molecule has 1 unspecified atom stereocenters. The topological polar surface area (TPSA) is 0 Å². The van der Waals surface area contributed by atoms with Crippen LogP contribution in [0.25, 0.3) is 0 Å². The quantitative estimate of drug-likeness (QED) is 0.524. The Morgan fingerprint density at radius 3 is 2.11 bits per heavy atom. The van der Waals surface area contributed by atoms with Gasteiger partial charge < -0.3 is 0 Å². The first kappa shape index (κ1) is 14.1. The third-order valence-corrected chi connectivity index (χ3v) is 4.00. The third-order valence-electron chi connectivity index (χ3n) is 3.01. The van der Waals surface area contributed by atoms with Crippen LogP contribution in [0.1, 0.15) is 27.1 Å². The lowest BCUT2D eigenvalue weighted by Gasteiger charge is -2.15. The number of alkyl halides is 1. The molecule has 0 saturated heterocycles. The minimum Gasteiger partial charge on any atom is -0.207 e. The molecule has 0 aromatic heterocycles. The molecule has 0 spiro atoms. The number of aryl methyl sites for hydroxylation is 2. The molecule has 0 aliphatic heterocycles. The number of hydrogen-bond acceptors (Lipinski definition) is 0. The fraction of sp³-hybridized carbons (Fsp3) is 0.200. The number of rotatable bonds is 2. The monoisotopic (exact) mass is 328 g/mol. The highest BCUT2D eigenvalue weighted by molar-refractivity contribution is 9.09. The molecule has 100 valence electrons. The van der Waals surface area contributed by atoms with Crippen LogP contribution in [0.3, 0.4) is 0 Å². The Morgan fingerprint density at radius 1 is 0.842 bits per heavy atom. The highest BCUT2D eigenvalue weighted by atomic mass is 79.9. The van der Waals surface area contributed by atoms with E-state index in [9.17, 15) is 13.2 Å². The Balaban J connectivity index is 2.49. The molecular formula is C15H12BrF3. The zero-order valence-electron chi connectivity index (χ0n) is 10.5. The van der Waals surface area contributed by atoms with E-state index in [0.717, 1.165) is 22.8 Å². The van der Waals surface area contributed by atoms with Crippen LogP contribution in [-0.4, -0.2) is 0 Å². The second-order valence-electron chi connectivity index (χ2n) is 4.51. The van der Waals surface area contributed by atoms with Gasteiger partial charge in [-0.05, 0) is 31.0 Å². The summed E-state index contributed by atoms with van der Waals surface area (Å²) in [6, 6.07) is 7.17. The second kappa shape index (κ2) is 5.37. The van der Waals surface area contributed by atoms with Crippen molar-refractivity contribution in [3.8, 4) is 0 Å². The smallest absolute Gasteiger partial charge is 0.161 e. The standard InChI is InChI=1S/C15H12BrF3/c1-8-3-4-10(9(2)5-8)15(16)11-6-13(18)14(19)7-12(11)17/h3-7,15H,1-2H3. The highest BCUT2D eigenvalue weighted by Gasteiger charge is 2.19. The summed E-state index contributed by atoms with van der Waals surface area (Å²) in [4.78, 5) is -0.511. The van der Waals surface area contributed by atoms with Crippen LogP contribution in [0.15, 0.2) is 30.3 Å². The molecule has 0 aliphatic rings. The molecule has 0 N–H and O–H groups in total. The lowest BCUT2D eigenvalue weighted by Crippen LogP contribution is -2.01. The SMILES string of the molecule is Cc1ccc(C(Br)c2cc(F)c(F)cc2F)c(C)c1. The molecule has 0 heterocycles. The fourth-order valence-corrected chi connectivity index (χ4v) is 2.87. The van der Waals surface area contributed by atoms with Gasteiger partial charge in [0.25, 0.3) is 0 Å². The van der Waals surface area contributed by atoms with Gasteiger partial charge in [-0.2, -0.15) is 0 Å². The van der Waals surface area contributed by atoms with E-state index in [-0.39, 0.29) is 5.56 Å². The molecule has 0 fully saturated rings. The summed E-state index contributed by atoms with van der Waals surface area (Å²) in [5.41, 5.74) is 2.97. The third kappa shape index (κ3) is 2.84. The van der Waals surface area contributed by atoms with Crippen LogP contribution in [0.4, 0.5) is 13.2 Å². The first-order valence-corrected chi connectivity index (χ1v) is 6.67. The second-order valence-corrected chi connectivity index (χ2v) is 5.43. The molecule has 4 heteroatoms. The van der Waals surface area contributed by atoms with Gasteiger partial charge in [0, 0.05) is 11.6 Å². The maximum Gasteiger partial charge on any atom is 0.161 e. The maximum absolute atomic E-state index is 13.7. The van der Waals surface area contributed by atoms with Gasteiger partial charge in [-0.25, -0.2) is 13.2 Å². The van der Waals surface area contributed by atoms with Crippen molar-refractivity contribution in [2.75, 3.05) is 0 Å². The zero-order chi connectivity index (χ0) is 14.2. The summed E-state index contributed by atoms with van der Waals surface area (Å²) in [5.74, 6) is -2.99. The molecule has 2 rings (SSSR count). The van der Waals surface area contributed by atoms with Crippen molar-refractivity contribution < 1.29 is 13.2 Å². The largest absolute Gasteiger partial charge is 0.207 e. The summed E-state index contributed by atoms with van der Waals surface area (Å²) in [6.45, 7) is 3.85. The van der Waals surface area contributed by atoms with Crippen molar-refractivity contribution in [2.45, 2.75) is 18.7 Å². The lowest BCUT2D eigenvalue weighted by atomic mass is 9.98. The van der Waals surface area contributed by atoms with Crippen LogP contribution >= 0.6 is 15.9 Å². The van der Waals surface area contributed by atoms with Gasteiger partial charge in [-0.3, -0.25) is 0 Å². The molecule has 0 radical (unpaired) electrons. The van der Waals surface area contributed by atoms with Crippen LogP contribution in [0.5, 0.6) is 0 Å². The summed E-state index contributed by atoms with van der Waals surface area (Å²) in [5, 5.41) is 0. The van der Waals surface area contributed by atoms with Crippen LogP contribution in [0.2, 0.25) is 0 Å². The van der Waals surface area contributed by atoms with E-state index in [1.54, 1.807) is 0 Å². The normalized spacial score (nSPS) is 12.5. The molecule has 0 bridgehead atoms. The van der Waals surface area contributed by atoms with E-state index in [2.05, 4.69) is 15.9 Å². The fourth-order valence-electron chi connectivity index (χ4n) is 2.01. The predicted molar refractivity (Wildman–Crippen MR) is 73.0 cm³/mol. The average molecular weight is 329 g/mol. The molecule has 2 aromatic carbocycles.